The molecule has 170 valence electrons. The molecule has 1 aromatic carbocycles. The third kappa shape index (κ3) is 10.7. The fraction of sp³-hybridized carbons (Fsp3) is 0.579. The molecule has 1 aromatic rings. The van der Waals surface area contributed by atoms with Gasteiger partial charge in [-0.05, 0) is 44.0 Å². The summed E-state index contributed by atoms with van der Waals surface area (Å²) in [7, 11) is 0. The number of anilines is 1. The predicted octanol–water partition coefficient (Wildman–Crippen LogP) is 3.87. The van der Waals surface area contributed by atoms with E-state index in [-0.39, 0.29) is 35.9 Å². The van der Waals surface area contributed by atoms with Gasteiger partial charge in [0.15, 0.2) is 5.96 Å². The van der Waals surface area contributed by atoms with Crippen molar-refractivity contribution in [1.82, 2.24) is 15.5 Å². The van der Waals surface area contributed by atoms with E-state index in [2.05, 4.69) is 20.9 Å². The summed E-state index contributed by atoms with van der Waals surface area (Å²) in [5, 5.41) is 9.66. The quantitative estimate of drug-likeness (QED) is 0.195. The van der Waals surface area contributed by atoms with Crippen LogP contribution < -0.4 is 16.0 Å². The van der Waals surface area contributed by atoms with Crippen molar-refractivity contribution >= 4 is 53.1 Å². The Balaban J connectivity index is 0.00000450. The van der Waals surface area contributed by atoms with Gasteiger partial charge in [0.1, 0.15) is 0 Å². The van der Waals surface area contributed by atoms with Crippen LogP contribution in [0.25, 0.3) is 0 Å². The minimum absolute atomic E-state index is 0. The van der Waals surface area contributed by atoms with Crippen molar-refractivity contribution in [3.05, 3.63) is 29.3 Å². The van der Waals surface area contributed by atoms with E-state index in [0.29, 0.717) is 62.1 Å². The molecule has 6 nitrogen and oxygen atoms in total. The number of carbonyl (C=O) groups excluding carboxylic acids is 1. The van der Waals surface area contributed by atoms with E-state index in [1.807, 2.05) is 6.92 Å². The highest BCUT2D eigenvalue weighted by atomic mass is 127. The van der Waals surface area contributed by atoms with Crippen LogP contribution in [0, 0.1) is 0 Å². The zero-order valence-electron chi connectivity index (χ0n) is 16.8. The molecule has 0 bridgehead atoms. The summed E-state index contributed by atoms with van der Waals surface area (Å²) < 4.78 is 37.5. The molecule has 0 spiro atoms. The van der Waals surface area contributed by atoms with Crippen molar-refractivity contribution in [3.63, 3.8) is 0 Å². The van der Waals surface area contributed by atoms with Crippen LogP contribution in [0.4, 0.5) is 18.9 Å². The molecule has 1 heterocycles. The van der Waals surface area contributed by atoms with Crippen molar-refractivity contribution < 1.29 is 18.0 Å². The molecule has 1 aliphatic heterocycles. The number of alkyl halides is 3. The Morgan fingerprint density at radius 1 is 1.30 bits per heavy atom. The first-order valence-electron chi connectivity index (χ1n) is 9.64. The van der Waals surface area contributed by atoms with Gasteiger partial charge in [-0.15, -0.1) is 24.0 Å². The maximum atomic E-state index is 12.5. The van der Waals surface area contributed by atoms with Crippen LogP contribution in [0.2, 0.25) is 5.02 Å². The Morgan fingerprint density at radius 3 is 2.63 bits per heavy atom. The van der Waals surface area contributed by atoms with Gasteiger partial charge < -0.3 is 16.0 Å². The fourth-order valence-electron chi connectivity index (χ4n) is 3.05. The minimum atomic E-state index is -4.18. The maximum absolute atomic E-state index is 12.5. The lowest BCUT2D eigenvalue weighted by atomic mass is 10.2. The van der Waals surface area contributed by atoms with Gasteiger partial charge >= 0.3 is 6.18 Å². The lowest BCUT2D eigenvalue weighted by Gasteiger charge is -2.19. The lowest BCUT2D eigenvalue weighted by Crippen LogP contribution is -2.45. The minimum Gasteiger partial charge on any atom is -0.357 e. The average Bonchev–Trinajstić information content (AvgIpc) is 3.05. The molecule has 1 aliphatic rings. The van der Waals surface area contributed by atoms with Gasteiger partial charge in [0, 0.05) is 49.4 Å². The number of aliphatic imine (C=N–C) groups is 1. The van der Waals surface area contributed by atoms with Gasteiger partial charge in [-0.25, -0.2) is 0 Å². The monoisotopic (exact) mass is 561 g/mol. The average molecular weight is 562 g/mol. The van der Waals surface area contributed by atoms with Gasteiger partial charge in [-0.3, -0.25) is 14.7 Å². The van der Waals surface area contributed by atoms with Crippen LogP contribution >= 0.6 is 35.6 Å². The summed E-state index contributed by atoms with van der Waals surface area (Å²) in [6, 6.07) is 6.79. The van der Waals surface area contributed by atoms with E-state index in [9.17, 15) is 18.0 Å². The Bertz CT molecular complexity index is 688. The predicted molar refractivity (Wildman–Crippen MR) is 125 cm³/mol. The first-order valence-corrected chi connectivity index (χ1v) is 10.0. The standard InChI is InChI=1S/C19H27ClF3N5O.HI/c1-2-24-18(27-16-9-11-28(12-16)13-19(21,22)23)25-10-3-4-17(29)26-15-7-5-14(20)6-8-15;/h5-8,16H,2-4,9-13H2,1H3,(H,26,29)(H2,24,25,27);1H. The third-order valence-electron chi connectivity index (χ3n) is 4.32. The summed E-state index contributed by atoms with van der Waals surface area (Å²) in [4.78, 5) is 17.8. The molecular formula is C19H28ClF3IN5O. The first-order chi connectivity index (χ1) is 13.7. The molecule has 0 aliphatic carbocycles. The summed E-state index contributed by atoms with van der Waals surface area (Å²) in [5.74, 6) is 0.448. The molecule has 0 radical (unpaired) electrons. The largest absolute Gasteiger partial charge is 0.401 e. The molecule has 3 N–H and O–H groups in total. The fourth-order valence-corrected chi connectivity index (χ4v) is 3.17. The second-order valence-electron chi connectivity index (χ2n) is 6.90. The van der Waals surface area contributed by atoms with E-state index in [4.69, 9.17) is 11.6 Å². The molecule has 1 unspecified atom stereocenters. The van der Waals surface area contributed by atoms with Gasteiger partial charge in [0.2, 0.25) is 5.91 Å². The number of amides is 1. The number of hydrogen-bond acceptors (Lipinski definition) is 3. The van der Waals surface area contributed by atoms with Crippen LogP contribution in [-0.2, 0) is 4.79 Å². The van der Waals surface area contributed by atoms with E-state index in [1.165, 1.54) is 4.90 Å². The number of halogens is 5. The van der Waals surface area contributed by atoms with Crippen LogP contribution in [0.15, 0.2) is 29.3 Å². The Morgan fingerprint density at radius 2 is 2.00 bits per heavy atom. The number of guanidine groups is 1. The first kappa shape index (κ1) is 26.8. The summed E-state index contributed by atoms with van der Waals surface area (Å²) in [6.45, 7) is 2.84. The summed E-state index contributed by atoms with van der Waals surface area (Å²) in [6.07, 6.45) is -2.68. The van der Waals surface area contributed by atoms with Crippen molar-refractivity contribution in [2.24, 2.45) is 4.99 Å². The number of nitrogens with one attached hydrogen (secondary N) is 3. The van der Waals surface area contributed by atoms with Gasteiger partial charge in [0.05, 0.1) is 6.54 Å². The van der Waals surface area contributed by atoms with E-state index in [1.54, 1.807) is 24.3 Å². The summed E-state index contributed by atoms with van der Waals surface area (Å²) >= 11 is 5.81. The number of likely N-dealkylation sites (tertiary alicyclic amines) is 1. The highest BCUT2D eigenvalue weighted by Gasteiger charge is 2.34. The molecule has 0 aromatic heterocycles. The highest BCUT2D eigenvalue weighted by Crippen LogP contribution is 2.20. The SMILES string of the molecule is CCNC(=NCCCC(=O)Nc1ccc(Cl)cc1)NC1CCN(CC(F)(F)F)C1.I. The highest BCUT2D eigenvalue weighted by molar-refractivity contribution is 14.0. The number of nitrogens with zero attached hydrogens (tertiary/aromatic N) is 2. The lowest BCUT2D eigenvalue weighted by molar-refractivity contribution is -0.143. The van der Waals surface area contributed by atoms with Crippen molar-refractivity contribution in [2.75, 3.05) is 38.0 Å². The molecule has 2 rings (SSSR count). The number of benzene rings is 1. The van der Waals surface area contributed by atoms with Crippen LogP contribution in [0.5, 0.6) is 0 Å². The Labute approximate surface area is 197 Å². The Kier molecular flexibility index (Phi) is 11.8. The van der Waals surface area contributed by atoms with E-state index in [0.717, 1.165) is 0 Å². The molecule has 1 amide bonds. The molecule has 1 atom stereocenters. The number of rotatable bonds is 8. The zero-order valence-corrected chi connectivity index (χ0v) is 19.9. The second kappa shape index (κ2) is 13.2. The summed E-state index contributed by atoms with van der Waals surface area (Å²) in [5.41, 5.74) is 0.683. The van der Waals surface area contributed by atoms with Crippen molar-refractivity contribution in [3.8, 4) is 0 Å². The van der Waals surface area contributed by atoms with Gasteiger partial charge in [0.25, 0.3) is 0 Å². The molecule has 30 heavy (non-hydrogen) atoms. The van der Waals surface area contributed by atoms with Gasteiger partial charge in [-0.2, -0.15) is 13.2 Å². The zero-order chi connectivity index (χ0) is 21.3. The number of carbonyl (C=O) groups is 1. The Hall–Kier alpha value is -1.27. The molecule has 1 fully saturated rings. The van der Waals surface area contributed by atoms with Crippen molar-refractivity contribution in [1.29, 1.82) is 0 Å². The molecule has 1 saturated heterocycles. The molecule has 11 heteroatoms. The smallest absolute Gasteiger partial charge is 0.357 e. The third-order valence-corrected chi connectivity index (χ3v) is 4.57. The van der Waals surface area contributed by atoms with Gasteiger partial charge in [-0.1, -0.05) is 11.6 Å². The van der Waals surface area contributed by atoms with Crippen LogP contribution in [0.3, 0.4) is 0 Å². The van der Waals surface area contributed by atoms with Crippen LogP contribution in [-0.4, -0.2) is 61.7 Å². The topological polar surface area (TPSA) is 68.8 Å². The van der Waals surface area contributed by atoms with E-state index < -0.39 is 12.7 Å². The molecule has 0 saturated carbocycles. The number of hydrogen-bond donors (Lipinski definition) is 3. The van der Waals surface area contributed by atoms with Crippen molar-refractivity contribution in [2.45, 2.75) is 38.4 Å². The van der Waals surface area contributed by atoms with Crippen LogP contribution in [0.1, 0.15) is 26.2 Å². The molecular weight excluding hydrogens is 534 g/mol. The normalized spacial score (nSPS) is 17.4. The van der Waals surface area contributed by atoms with E-state index >= 15 is 0 Å². The maximum Gasteiger partial charge on any atom is 0.401 e. The second-order valence-corrected chi connectivity index (χ2v) is 7.34.